The third kappa shape index (κ3) is 3.73. The van der Waals surface area contributed by atoms with Crippen LogP contribution in [-0.4, -0.2) is 26.6 Å². The van der Waals surface area contributed by atoms with Crippen LogP contribution in [0.1, 0.15) is 23.2 Å². The zero-order valence-electron chi connectivity index (χ0n) is 13.1. The summed E-state index contributed by atoms with van der Waals surface area (Å²) in [7, 11) is -3.33. The number of carbonyl (C=O) groups is 1. The summed E-state index contributed by atoms with van der Waals surface area (Å²) in [5, 5.41) is 2.66. The summed E-state index contributed by atoms with van der Waals surface area (Å²) >= 11 is 0. The molecule has 7 heteroatoms. The second-order valence-corrected chi connectivity index (χ2v) is 7.66. The maximum Gasteiger partial charge on any atom is 0.255 e. The van der Waals surface area contributed by atoms with E-state index in [0.717, 1.165) is 18.9 Å². The van der Waals surface area contributed by atoms with Gasteiger partial charge < -0.3 is 5.32 Å². The van der Waals surface area contributed by atoms with E-state index in [-0.39, 0.29) is 11.6 Å². The molecule has 0 bridgehead atoms. The summed E-state index contributed by atoms with van der Waals surface area (Å²) in [6, 6.07) is 12.0. The first-order chi connectivity index (χ1) is 11.3. The molecule has 1 amide bonds. The van der Waals surface area contributed by atoms with Crippen molar-refractivity contribution in [2.75, 3.05) is 15.9 Å². The number of sulfonamides is 1. The van der Waals surface area contributed by atoms with E-state index in [2.05, 4.69) is 5.32 Å². The topological polar surface area (TPSA) is 66.5 Å². The molecule has 1 saturated carbocycles. The van der Waals surface area contributed by atoms with Crippen LogP contribution >= 0.6 is 0 Å². The van der Waals surface area contributed by atoms with Crippen LogP contribution in [0.4, 0.5) is 15.8 Å². The van der Waals surface area contributed by atoms with E-state index in [0.29, 0.717) is 11.4 Å². The predicted molar refractivity (Wildman–Crippen MR) is 91.1 cm³/mol. The molecule has 0 radical (unpaired) electrons. The van der Waals surface area contributed by atoms with Crippen LogP contribution < -0.4 is 9.62 Å². The number of halogens is 1. The van der Waals surface area contributed by atoms with Gasteiger partial charge in [-0.15, -0.1) is 0 Å². The average Bonchev–Trinajstić information content (AvgIpc) is 3.32. The molecule has 1 aliphatic carbocycles. The standard InChI is InChI=1S/C17H17FN2O3S/c1-24(22,23)20(16-9-10-16)15-7-5-14(6-8-15)19-17(21)12-3-2-4-13(18)11-12/h2-8,11,16H,9-10H2,1H3,(H,19,21). The van der Waals surface area contributed by atoms with Gasteiger partial charge in [-0.3, -0.25) is 9.10 Å². The Bertz CT molecular complexity index is 862. The van der Waals surface area contributed by atoms with Gasteiger partial charge in [0.05, 0.1) is 11.9 Å². The van der Waals surface area contributed by atoms with E-state index in [9.17, 15) is 17.6 Å². The van der Waals surface area contributed by atoms with Crippen LogP contribution in [-0.2, 0) is 10.0 Å². The monoisotopic (exact) mass is 348 g/mol. The van der Waals surface area contributed by atoms with Crippen molar-refractivity contribution in [2.45, 2.75) is 18.9 Å². The Kier molecular flexibility index (Phi) is 4.28. The van der Waals surface area contributed by atoms with E-state index in [1.807, 2.05) is 0 Å². The van der Waals surface area contributed by atoms with Crippen LogP contribution in [0.3, 0.4) is 0 Å². The highest BCUT2D eigenvalue weighted by Gasteiger charge is 2.35. The van der Waals surface area contributed by atoms with Crippen LogP contribution in [0.5, 0.6) is 0 Å². The molecule has 3 rings (SSSR count). The van der Waals surface area contributed by atoms with Gasteiger partial charge in [0.15, 0.2) is 0 Å². The number of nitrogens with one attached hydrogen (secondary N) is 1. The van der Waals surface area contributed by atoms with Crippen molar-refractivity contribution >= 4 is 27.3 Å². The Labute approximate surface area is 140 Å². The largest absolute Gasteiger partial charge is 0.322 e. The Hall–Kier alpha value is -2.41. The van der Waals surface area contributed by atoms with Crippen LogP contribution in [0.2, 0.25) is 0 Å². The molecule has 2 aromatic rings. The molecule has 0 saturated heterocycles. The highest BCUT2D eigenvalue weighted by Crippen LogP contribution is 2.34. The maximum absolute atomic E-state index is 13.2. The normalized spacial score (nSPS) is 14.2. The number of anilines is 2. The van der Waals surface area contributed by atoms with Crippen molar-refractivity contribution in [1.29, 1.82) is 0 Å². The van der Waals surface area contributed by atoms with Gasteiger partial charge in [0.1, 0.15) is 5.82 Å². The summed E-state index contributed by atoms with van der Waals surface area (Å²) in [4.78, 5) is 12.1. The minimum Gasteiger partial charge on any atom is -0.322 e. The van der Waals surface area contributed by atoms with Crippen LogP contribution in [0, 0.1) is 5.82 Å². The van der Waals surface area contributed by atoms with Gasteiger partial charge in [0, 0.05) is 17.3 Å². The molecule has 1 fully saturated rings. The van der Waals surface area contributed by atoms with Crippen molar-refractivity contribution in [1.82, 2.24) is 0 Å². The summed E-state index contributed by atoms with van der Waals surface area (Å²) in [6.07, 6.45) is 2.89. The van der Waals surface area contributed by atoms with Crippen molar-refractivity contribution in [3.05, 3.63) is 59.9 Å². The number of hydrogen-bond acceptors (Lipinski definition) is 3. The number of hydrogen-bond donors (Lipinski definition) is 1. The SMILES string of the molecule is CS(=O)(=O)N(c1ccc(NC(=O)c2cccc(F)c2)cc1)C1CC1. The van der Waals surface area contributed by atoms with Crippen LogP contribution in [0.25, 0.3) is 0 Å². The Balaban J connectivity index is 1.76. The summed E-state index contributed by atoms with van der Waals surface area (Å²) in [6.45, 7) is 0. The molecule has 2 aromatic carbocycles. The van der Waals surface area contributed by atoms with Crippen molar-refractivity contribution < 1.29 is 17.6 Å². The van der Waals surface area contributed by atoms with Crippen molar-refractivity contribution in [3.63, 3.8) is 0 Å². The van der Waals surface area contributed by atoms with Crippen molar-refractivity contribution in [3.8, 4) is 0 Å². The maximum atomic E-state index is 13.2. The Morgan fingerprint density at radius 3 is 2.38 bits per heavy atom. The fourth-order valence-electron chi connectivity index (χ4n) is 2.51. The molecular weight excluding hydrogens is 331 g/mol. The van der Waals surface area contributed by atoms with Gasteiger partial charge in [0.25, 0.3) is 5.91 Å². The molecule has 126 valence electrons. The number of rotatable bonds is 5. The van der Waals surface area contributed by atoms with E-state index in [1.165, 1.54) is 28.8 Å². The first-order valence-electron chi connectivity index (χ1n) is 7.51. The predicted octanol–water partition coefficient (Wildman–Crippen LogP) is 3.01. The fraction of sp³-hybridized carbons (Fsp3) is 0.235. The third-order valence-corrected chi connectivity index (χ3v) is 4.93. The van der Waals surface area contributed by atoms with Crippen molar-refractivity contribution in [2.24, 2.45) is 0 Å². The number of nitrogens with zero attached hydrogens (tertiary/aromatic N) is 1. The van der Waals surface area contributed by atoms with Gasteiger partial charge in [0.2, 0.25) is 10.0 Å². The lowest BCUT2D eigenvalue weighted by Crippen LogP contribution is -2.31. The zero-order valence-corrected chi connectivity index (χ0v) is 13.9. The Morgan fingerprint density at radius 2 is 1.83 bits per heavy atom. The molecule has 1 N–H and O–H groups in total. The average molecular weight is 348 g/mol. The molecule has 1 aliphatic rings. The lowest BCUT2D eigenvalue weighted by molar-refractivity contribution is 0.102. The van der Waals surface area contributed by atoms with Crippen LogP contribution in [0.15, 0.2) is 48.5 Å². The minimum atomic E-state index is -3.33. The molecular formula is C17H17FN2O3S. The Morgan fingerprint density at radius 1 is 1.17 bits per heavy atom. The lowest BCUT2D eigenvalue weighted by Gasteiger charge is -2.22. The fourth-order valence-corrected chi connectivity index (χ4v) is 3.76. The van der Waals surface area contributed by atoms with Gasteiger partial charge in [-0.25, -0.2) is 12.8 Å². The molecule has 0 atom stereocenters. The van der Waals surface area contributed by atoms with E-state index >= 15 is 0 Å². The highest BCUT2D eigenvalue weighted by atomic mass is 32.2. The molecule has 0 aromatic heterocycles. The first kappa shape index (κ1) is 16.4. The summed E-state index contributed by atoms with van der Waals surface area (Å²) in [5.74, 6) is -0.907. The highest BCUT2D eigenvalue weighted by molar-refractivity contribution is 7.92. The number of amides is 1. The summed E-state index contributed by atoms with van der Waals surface area (Å²) in [5.41, 5.74) is 1.30. The smallest absolute Gasteiger partial charge is 0.255 e. The van der Waals surface area contributed by atoms with E-state index in [1.54, 1.807) is 24.3 Å². The summed E-state index contributed by atoms with van der Waals surface area (Å²) < 4.78 is 38.4. The van der Waals surface area contributed by atoms with Gasteiger partial charge in [-0.1, -0.05) is 6.07 Å². The van der Waals surface area contributed by atoms with E-state index in [4.69, 9.17) is 0 Å². The lowest BCUT2D eigenvalue weighted by atomic mass is 10.2. The number of carbonyl (C=O) groups excluding carboxylic acids is 1. The van der Waals surface area contributed by atoms with Gasteiger partial charge in [-0.2, -0.15) is 0 Å². The molecule has 24 heavy (non-hydrogen) atoms. The molecule has 0 spiro atoms. The van der Waals surface area contributed by atoms with Gasteiger partial charge in [-0.05, 0) is 55.3 Å². The quantitative estimate of drug-likeness (QED) is 0.903. The zero-order chi connectivity index (χ0) is 17.3. The minimum absolute atomic E-state index is 0.0211. The molecule has 0 aliphatic heterocycles. The second-order valence-electron chi connectivity index (χ2n) is 5.80. The van der Waals surface area contributed by atoms with E-state index < -0.39 is 21.7 Å². The molecule has 0 heterocycles. The first-order valence-corrected chi connectivity index (χ1v) is 9.36. The molecule has 5 nitrogen and oxygen atoms in total. The molecule has 0 unspecified atom stereocenters. The second kappa shape index (κ2) is 6.24. The van der Waals surface area contributed by atoms with Gasteiger partial charge >= 0.3 is 0 Å². The third-order valence-electron chi connectivity index (χ3n) is 3.70. The number of benzene rings is 2.